The molecule has 1 fully saturated rings. The van der Waals surface area contributed by atoms with Gasteiger partial charge in [0.05, 0.1) is 0 Å². The number of likely N-dealkylation sites (N-methyl/N-ethyl adjacent to an activating group) is 1. The molecule has 1 atom stereocenters. The number of likely N-dealkylation sites (tertiary alicyclic amines) is 1. The molecule has 2 aromatic carbocycles. The average Bonchev–Trinajstić information content (AvgIpc) is 2.70. The molecule has 0 saturated carbocycles. The van der Waals surface area contributed by atoms with Gasteiger partial charge in [-0.2, -0.15) is 0 Å². The second-order valence-electron chi connectivity index (χ2n) is 7.76. The fourth-order valence-corrected chi connectivity index (χ4v) is 3.72. The van der Waals surface area contributed by atoms with Crippen LogP contribution in [0.3, 0.4) is 0 Å². The number of benzene rings is 2. The Morgan fingerprint density at radius 1 is 1.07 bits per heavy atom. The van der Waals surface area contributed by atoms with E-state index in [0.717, 1.165) is 37.9 Å². The molecule has 5 heteroatoms. The molecule has 0 aliphatic carbocycles. The van der Waals surface area contributed by atoms with Gasteiger partial charge in [-0.15, -0.1) is 0 Å². The van der Waals surface area contributed by atoms with Crippen LogP contribution in [-0.2, 0) is 0 Å². The van der Waals surface area contributed by atoms with Crippen molar-refractivity contribution in [1.82, 2.24) is 9.80 Å². The van der Waals surface area contributed by atoms with Gasteiger partial charge in [0.1, 0.15) is 0 Å². The Morgan fingerprint density at radius 2 is 1.82 bits per heavy atom. The highest BCUT2D eigenvalue weighted by molar-refractivity contribution is 6.05. The first kappa shape index (κ1) is 20.1. The van der Waals surface area contributed by atoms with Crippen molar-refractivity contribution in [2.24, 2.45) is 0 Å². The number of nitrogens with zero attached hydrogens (tertiary/aromatic N) is 2. The molecule has 1 unspecified atom stereocenters. The quantitative estimate of drug-likeness (QED) is 0.860. The van der Waals surface area contributed by atoms with Gasteiger partial charge in [0, 0.05) is 35.9 Å². The molecule has 2 amide bonds. The van der Waals surface area contributed by atoms with Crippen molar-refractivity contribution >= 4 is 17.5 Å². The Kier molecular flexibility index (Phi) is 6.47. The van der Waals surface area contributed by atoms with Crippen LogP contribution in [0.4, 0.5) is 5.69 Å². The number of amides is 2. The molecule has 1 N–H and O–H groups in total. The van der Waals surface area contributed by atoms with Crippen molar-refractivity contribution in [3.05, 3.63) is 65.2 Å². The van der Waals surface area contributed by atoms with Gasteiger partial charge >= 0.3 is 0 Å². The minimum atomic E-state index is -0.170. The second-order valence-corrected chi connectivity index (χ2v) is 7.76. The third kappa shape index (κ3) is 4.78. The van der Waals surface area contributed by atoms with Gasteiger partial charge in [0.15, 0.2) is 0 Å². The maximum atomic E-state index is 13.2. The molecule has 0 bridgehead atoms. The zero-order valence-electron chi connectivity index (χ0n) is 16.9. The van der Waals surface area contributed by atoms with Crippen LogP contribution >= 0.6 is 0 Å². The van der Waals surface area contributed by atoms with E-state index in [0.29, 0.717) is 16.8 Å². The molecule has 1 heterocycles. The topological polar surface area (TPSA) is 52.7 Å². The lowest BCUT2D eigenvalue weighted by Crippen LogP contribution is -2.48. The number of carbonyl (C=O) groups excluding carboxylic acids is 2. The van der Waals surface area contributed by atoms with Crippen molar-refractivity contribution in [3.63, 3.8) is 0 Å². The lowest BCUT2D eigenvalue weighted by Gasteiger charge is -2.37. The normalized spacial score (nSPS) is 16.9. The lowest BCUT2D eigenvalue weighted by molar-refractivity contribution is 0.0574. The maximum Gasteiger partial charge on any atom is 0.255 e. The third-order valence-electron chi connectivity index (χ3n) is 5.23. The number of carbonyl (C=O) groups is 2. The summed E-state index contributed by atoms with van der Waals surface area (Å²) in [5.41, 5.74) is 2.84. The van der Waals surface area contributed by atoms with E-state index in [1.807, 2.05) is 56.3 Å². The number of aryl methyl sites for hydroxylation is 1. The standard InChI is InChI=1S/C23H29N3O2/c1-17-12-13-19(15-21(17)24-22(27)18-9-5-4-6-10-18)23(28)26-14-8-7-11-20(26)16-25(2)3/h4-6,9-10,12-13,15,20H,7-8,11,14,16H2,1-3H3,(H,24,27). The predicted molar refractivity (Wildman–Crippen MR) is 113 cm³/mol. The monoisotopic (exact) mass is 379 g/mol. The van der Waals surface area contributed by atoms with E-state index in [2.05, 4.69) is 10.2 Å². The van der Waals surface area contributed by atoms with Crippen LogP contribution in [0.15, 0.2) is 48.5 Å². The van der Waals surface area contributed by atoms with Crippen LogP contribution in [0.5, 0.6) is 0 Å². The van der Waals surface area contributed by atoms with Gasteiger partial charge in [-0.1, -0.05) is 24.3 Å². The number of hydrogen-bond donors (Lipinski definition) is 1. The van der Waals surface area contributed by atoms with Gasteiger partial charge in [-0.05, 0) is 70.1 Å². The molecule has 1 aliphatic rings. The Hall–Kier alpha value is -2.66. The van der Waals surface area contributed by atoms with Crippen LogP contribution < -0.4 is 5.32 Å². The Morgan fingerprint density at radius 3 is 2.54 bits per heavy atom. The van der Waals surface area contributed by atoms with Crippen LogP contribution in [0, 0.1) is 6.92 Å². The van der Waals surface area contributed by atoms with Crippen LogP contribution in [-0.4, -0.2) is 54.8 Å². The molecular weight excluding hydrogens is 350 g/mol. The van der Waals surface area contributed by atoms with Crippen LogP contribution in [0.1, 0.15) is 45.5 Å². The highest BCUT2D eigenvalue weighted by Crippen LogP contribution is 2.23. The number of rotatable bonds is 5. The smallest absolute Gasteiger partial charge is 0.255 e. The minimum absolute atomic E-state index is 0.0433. The highest BCUT2D eigenvalue weighted by atomic mass is 16.2. The van der Waals surface area contributed by atoms with E-state index < -0.39 is 0 Å². The van der Waals surface area contributed by atoms with Crippen molar-refractivity contribution in [2.75, 3.05) is 32.5 Å². The van der Waals surface area contributed by atoms with Gasteiger partial charge in [-0.25, -0.2) is 0 Å². The SMILES string of the molecule is Cc1ccc(C(=O)N2CCCCC2CN(C)C)cc1NC(=O)c1ccccc1. The molecule has 5 nitrogen and oxygen atoms in total. The summed E-state index contributed by atoms with van der Waals surface area (Å²) in [5, 5.41) is 2.95. The summed E-state index contributed by atoms with van der Waals surface area (Å²) in [5.74, 6) is -0.126. The fraction of sp³-hybridized carbons (Fsp3) is 0.391. The van der Waals surface area contributed by atoms with Crippen molar-refractivity contribution in [2.45, 2.75) is 32.2 Å². The van der Waals surface area contributed by atoms with E-state index in [9.17, 15) is 9.59 Å². The molecule has 28 heavy (non-hydrogen) atoms. The molecule has 2 aromatic rings. The van der Waals surface area contributed by atoms with Gasteiger partial charge in [0.2, 0.25) is 0 Å². The average molecular weight is 380 g/mol. The van der Waals surface area contributed by atoms with E-state index in [-0.39, 0.29) is 17.9 Å². The maximum absolute atomic E-state index is 13.2. The lowest BCUT2D eigenvalue weighted by atomic mass is 9.99. The van der Waals surface area contributed by atoms with Crippen LogP contribution in [0.25, 0.3) is 0 Å². The fourth-order valence-electron chi connectivity index (χ4n) is 3.72. The van der Waals surface area contributed by atoms with E-state index >= 15 is 0 Å². The summed E-state index contributed by atoms with van der Waals surface area (Å²) in [4.78, 5) is 29.8. The molecule has 0 aromatic heterocycles. The van der Waals surface area contributed by atoms with Gasteiger partial charge in [0.25, 0.3) is 11.8 Å². The summed E-state index contributed by atoms with van der Waals surface area (Å²) in [6.45, 7) is 3.59. The summed E-state index contributed by atoms with van der Waals surface area (Å²) in [6.07, 6.45) is 3.24. The third-order valence-corrected chi connectivity index (χ3v) is 5.23. The van der Waals surface area contributed by atoms with Gasteiger partial charge in [-0.3, -0.25) is 9.59 Å². The number of anilines is 1. The number of hydrogen-bond acceptors (Lipinski definition) is 3. The summed E-state index contributed by atoms with van der Waals surface area (Å²) in [7, 11) is 4.08. The molecule has 1 saturated heterocycles. The molecular formula is C23H29N3O2. The summed E-state index contributed by atoms with van der Waals surface area (Å²) < 4.78 is 0. The van der Waals surface area contributed by atoms with Crippen molar-refractivity contribution < 1.29 is 9.59 Å². The zero-order valence-corrected chi connectivity index (χ0v) is 16.9. The van der Waals surface area contributed by atoms with E-state index in [1.54, 1.807) is 18.2 Å². The van der Waals surface area contributed by atoms with Crippen LogP contribution in [0.2, 0.25) is 0 Å². The Labute approximate surface area is 167 Å². The molecule has 148 valence electrons. The number of nitrogens with one attached hydrogen (secondary N) is 1. The first-order valence-electron chi connectivity index (χ1n) is 9.88. The first-order valence-corrected chi connectivity index (χ1v) is 9.88. The van der Waals surface area contributed by atoms with Gasteiger partial charge < -0.3 is 15.1 Å². The molecule has 1 aliphatic heterocycles. The van der Waals surface area contributed by atoms with E-state index in [4.69, 9.17) is 0 Å². The Bertz CT molecular complexity index is 833. The minimum Gasteiger partial charge on any atom is -0.334 e. The molecule has 0 radical (unpaired) electrons. The predicted octanol–water partition coefficient (Wildman–Crippen LogP) is 3.80. The molecule has 0 spiro atoms. The zero-order chi connectivity index (χ0) is 20.1. The first-order chi connectivity index (χ1) is 13.5. The summed E-state index contributed by atoms with van der Waals surface area (Å²) in [6, 6.07) is 14.9. The summed E-state index contributed by atoms with van der Waals surface area (Å²) >= 11 is 0. The van der Waals surface area contributed by atoms with Crippen molar-refractivity contribution in [3.8, 4) is 0 Å². The highest BCUT2D eigenvalue weighted by Gasteiger charge is 2.28. The number of piperidine rings is 1. The van der Waals surface area contributed by atoms with E-state index in [1.165, 1.54) is 0 Å². The molecule has 3 rings (SSSR count). The Balaban J connectivity index is 1.79. The largest absolute Gasteiger partial charge is 0.334 e. The second kappa shape index (κ2) is 9.02. The van der Waals surface area contributed by atoms with Crippen molar-refractivity contribution in [1.29, 1.82) is 0 Å².